The van der Waals surface area contributed by atoms with E-state index in [0.29, 0.717) is 0 Å². The molecule has 3 heteroatoms. The minimum Gasteiger partial charge on any atom is -0.147 e. The quantitative estimate of drug-likeness (QED) is 0.161. The fraction of sp³-hybridized carbons (Fsp3) is 0.103. The Bertz CT molecular complexity index is 1440. The Hall–Kier alpha value is -3.09. The van der Waals surface area contributed by atoms with Gasteiger partial charge in [0.15, 0.2) is 0 Å². The molecule has 0 fully saturated rings. The maximum atomic E-state index is 3.39. The van der Waals surface area contributed by atoms with Crippen LogP contribution in [0.15, 0.2) is 133 Å². The smallest absolute Gasteiger partial charge is 0.0246 e. The van der Waals surface area contributed by atoms with E-state index in [1.165, 1.54) is 68.4 Å². The van der Waals surface area contributed by atoms with E-state index in [1.807, 2.05) is 68.5 Å². The van der Waals surface area contributed by atoms with Crippen LogP contribution in [-0.2, 0) is 30.7 Å². The first-order chi connectivity index (χ1) is 19.8. The number of halogens is 2. The Morgan fingerprint density at radius 2 is 1.26 bits per heavy atom. The van der Waals surface area contributed by atoms with Gasteiger partial charge < -0.3 is 0 Å². The molecule has 2 aliphatic carbocycles. The topological polar surface area (TPSA) is 0 Å². The van der Waals surface area contributed by atoms with Gasteiger partial charge in [-0.3, -0.25) is 6.08 Å². The predicted molar refractivity (Wildman–Crippen MR) is 185 cm³/mol. The Kier molecular flexibility index (Phi) is 19.0. The molecule has 0 saturated carbocycles. The van der Waals surface area contributed by atoms with Gasteiger partial charge in [-0.05, 0) is 17.5 Å². The van der Waals surface area contributed by atoms with E-state index in [9.17, 15) is 0 Å². The molecule has 0 bridgehead atoms. The first-order valence-corrected chi connectivity index (χ1v) is 15.3. The molecule has 0 aromatic heterocycles. The minimum absolute atomic E-state index is 0. The third-order valence-electron chi connectivity index (χ3n) is 6.47. The van der Waals surface area contributed by atoms with Crippen LogP contribution in [0.3, 0.4) is 0 Å². The summed E-state index contributed by atoms with van der Waals surface area (Å²) in [5, 5.41) is 2.57. The van der Waals surface area contributed by atoms with E-state index in [0.717, 1.165) is 12.8 Å². The summed E-state index contributed by atoms with van der Waals surface area (Å²) in [5.74, 6) is 0. The number of fused-ring (bicyclic) bond motifs is 5. The molecule has 0 N–H and O–H groups in total. The van der Waals surface area contributed by atoms with Gasteiger partial charge in [-0.15, -0.1) is 96.1 Å². The third-order valence-corrected chi connectivity index (χ3v) is 6.47. The van der Waals surface area contributed by atoms with Gasteiger partial charge in [-0.25, -0.2) is 12.2 Å². The number of hydrogen-bond donors (Lipinski definition) is 0. The zero-order valence-corrected chi connectivity index (χ0v) is 28.4. The van der Waals surface area contributed by atoms with Gasteiger partial charge >= 0.3 is 28.4 Å². The Balaban J connectivity index is 0.000000300. The van der Waals surface area contributed by atoms with Crippen LogP contribution < -0.4 is 0 Å². The van der Waals surface area contributed by atoms with Gasteiger partial charge in [0.2, 0.25) is 0 Å². The molecule has 2 aliphatic rings. The van der Waals surface area contributed by atoms with Gasteiger partial charge in [0, 0.05) is 0 Å². The van der Waals surface area contributed by atoms with Crippen LogP contribution in [0.2, 0.25) is 0 Å². The zero-order valence-electron chi connectivity index (χ0n) is 24.3. The SMILES string of the molecule is C[CH-]c1ccccc1.C[CH-]c1ccccc1.Cl.Cl.[C-]1=CC=CC1.[CH2]=[Zr].[c-]1cccc2ccc3c(c12)Cc1ccccc1-3. The van der Waals surface area contributed by atoms with Crippen molar-refractivity contribution in [3.05, 3.63) is 181 Å². The van der Waals surface area contributed by atoms with Crippen LogP contribution in [0.4, 0.5) is 0 Å². The predicted octanol–water partition coefficient (Wildman–Crippen LogP) is 10.8. The van der Waals surface area contributed by atoms with Gasteiger partial charge in [0.25, 0.3) is 0 Å². The number of rotatable bonds is 2. The van der Waals surface area contributed by atoms with Crippen molar-refractivity contribution in [3.63, 3.8) is 0 Å². The zero-order chi connectivity index (χ0) is 28.4. The van der Waals surface area contributed by atoms with Crippen LogP contribution in [0.1, 0.15) is 42.5 Å². The fourth-order valence-corrected chi connectivity index (χ4v) is 4.45. The molecule has 0 unspecified atom stereocenters. The number of hydrogen-bond acceptors (Lipinski definition) is 0. The summed E-state index contributed by atoms with van der Waals surface area (Å²) in [6, 6.07) is 43.3. The molecule has 0 nitrogen and oxygen atoms in total. The fourth-order valence-electron chi connectivity index (χ4n) is 4.45. The monoisotopic (exact) mass is 666 g/mol. The summed E-state index contributed by atoms with van der Waals surface area (Å²) in [7, 11) is 0. The van der Waals surface area contributed by atoms with Gasteiger partial charge in [0.1, 0.15) is 0 Å². The third kappa shape index (κ3) is 11.3. The van der Waals surface area contributed by atoms with E-state index in [4.69, 9.17) is 0 Å². The summed E-state index contributed by atoms with van der Waals surface area (Å²) >= 11 is 1.30. The standard InChI is InChI=1S/C17H11.2C8H9.C5H5.CH2.2ClH.Zr/c1-3-7-14-12(5-1)9-10-16-15-8-4-2-6-13(15)11-17(14)16;2*1-2-8-6-4-3-5-7-8;1-2-4-5-3-1;;;;/h1-6,8-10H,11H2;2*2-7H,1H3;1-3H,4H2;1H2;2*1H;/q4*-1;;;;. The second kappa shape index (κ2) is 21.6. The Morgan fingerprint density at radius 1 is 0.667 bits per heavy atom. The molecular weight excluding hydrogens is 631 g/mol. The van der Waals surface area contributed by atoms with Gasteiger partial charge in [-0.1, -0.05) is 67.9 Å². The summed E-state index contributed by atoms with van der Waals surface area (Å²) in [6.07, 6.45) is 15.2. The molecule has 0 heterocycles. The Morgan fingerprint density at radius 3 is 1.76 bits per heavy atom. The molecule has 0 atom stereocenters. The van der Waals surface area contributed by atoms with Crippen LogP contribution in [0.5, 0.6) is 0 Å². The summed E-state index contributed by atoms with van der Waals surface area (Å²) in [5.41, 5.74) is 8.22. The van der Waals surface area contributed by atoms with E-state index in [-0.39, 0.29) is 24.8 Å². The van der Waals surface area contributed by atoms with Crippen LogP contribution in [0, 0.1) is 25.0 Å². The molecule has 0 radical (unpaired) electrons. The molecule has 5 aromatic rings. The molecule has 42 heavy (non-hydrogen) atoms. The first-order valence-electron chi connectivity index (χ1n) is 13.6. The van der Waals surface area contributed by atoms with Crippen molar-refractivity contribution >= 4 is 39.8 Å². The molecule has 216 valence electrons. The largest absolute Gasteiger partial charge is 0.147 e. The van der Waals surface area contributed by atoms with Crippen LogP contribution in [0.25, 0.3) is 21.9 Å². The van der Waals surface area contributed by atoms with Crippen LogP contribution in [-0.4, -0.2) is 4.21 Å². The molecule has 7 rings (SSSR count). The summed E-state index contributed by atoms with van der Waals surface area (Å²) in [4.78, 5) is 0. The maximum Gasteiger partial charge on any atom is -0.0246 e. The van der Waals surface area contributed by atoms with Crippen molar-refractivity contribution in [2.45, 2.75) is 26.7 Å². The van der Waals surface area contributed by atoms with Crippen molar-refractivity contribution in [2.75, 3.05) is 0 Å². The average molecular weight is 669 g/mol. The van der Waals surface area contributed by atoms with Crippen molar-refractivity contribution in [1.29, 1.82) is 0 Å². The molecule has 0 aliphatic heterocycles. The van der Waals surface area contributed by atoms with E-state index in [2.05, 4.69) is 108 Å². The molecule has 5 aromatic carbocycles. The van der Waals surface area contributed by atoms with E-state index >= 15 is 0 Å². The maximum absolute atomic E-state index is 3.39. The van der Waals surface area contributed by atoms with Crippen molar-refractivity contribution < 1.29 is 24.2 Å². The second-order valence-electron chi connectivity index (χ2n) is 8.96. The minimum atomic E-state index is 0. The summed E-state index contributed by atoms with van der Waals surface area (Å²) < 4.78 is 3.34. The molecule has 0 spiro atoms. The normalized spacial score (nSPS) is 10.5. The number of allylic oxidation sites excluding steroid dienone is 4. The summed E-state index contributed by atoms with van der Waals surface area (Å²) in [6.45, 7) is 4.07. The van der Waals surface area contributed by atoms with E-state index in [1.54, 1.807) is 0 Å². The first kappa shape index (κ1) is 36.9. The second-order valence-corrected chi connectivity index (χ2v) is 8.96. The Labute approximate surface area is 280 Å². The van der Waals surface area contributed by atoms with Crippen molar-refractivity contribution in [1.82, 2.24) is 0 Å². The average Bonchev–Trinajstić information content (AvgIpc) is 3.76. The molecule has 0 saturated heterocycles. The van der Waals surface area contributed by atoms with Gasteiger partial charge in [0.05, 0.1) is 0 Å². The van der Waals surface area contributed by atoms with E-state index < -0.39 is 0 Å². The number of benzene rings is 5. The van der Waals surface area contributed by atoms with Crippen LogP contribution >= 0.6 is 24.8 Å². The molecule has 0 amide bonds. The van der Waals surface area contributed by atoms with Crippen molar-refractivity contribution in [2.24, 2.45) is 0 Å². The van der Waals surface area contributed by atoms with Gasteiger partial charge in [-0.2, -0.15) is 54.3 Å². The van der Waals surface area contributed by atoms with Crippen molar-refractivity contribution in [3.8, 4) is 11.1 Å². The molecular formula is C39H38Cl2Zr-4.